The molecular formula is C21H19ClN4O5S2. The van der Waals surface area contributed by atoms with Crippen LogP contribution in [0.1, 0.15) is 33.0 Å². The van der Waals surface area contributed by atoms with Gasteiger partial charge in [-0.2, -0.15) is 0 Å². The number of hydrogen-bond donors (Lipinski definition) is 2. The van der Waals surface area contributed by atoms with Crippen molar-refractivity contribution in [3.63, 3.8) is 0 Å². The van der Waals surface area contributed by atoms with Crippen LogP contribution in [0.3, 0.4) is 0 Å². The third kappa shape index (κ3) is 5.86. The number of anilines is 2. The van der Waals surface area contributed by atoms with E-state index in [1.54, 1.807) is 0 Å². The second kappa shape index (κ2) is 9.86. The smallest absolute Gasteiger partial charge is 0.348 e. The summed E-state index contributed by atoms with van der Waals surface area (Å²) >= 11 is 7.06. The highest BCUT2D eigenvalue weighted by molar-refractivity contribution is 7.92. The van der Waals surface area contributed by atoms with E-state index in [0.29, 0.717) is 10.6 Å². The molecule has 33 heavy (non-hydrogen) atoms. The van der Waals surface area contributed by atoms with Gasteiger partial charge in [0.25, 0.3) is 15.9 Å². The highest BCUT2D eigenvalue weighted by Gasteiger charge is 2.19. The number of fused-ring (bicyclic) bond motifs is 1. The molecule has 172 valence electrons. The Hall–Kier alpha value is -3.02. The summed E-state index contributed by atoms with van der Waals surface area (Å²) in [5.74, 6) is -1.04. The van der Waals surface area contributed by atoms with Crippen molar-refractivity contribution in [1.29, 1.82) is 0 Å². The van der Waals surface area contributed by atoms with E-state index in [4.69, 9.17) is 16.3 Å². The summed E-state index contributed by atoms with van der Waals surface area (Å²) in [5.41, 5.74) is 1.54. The highest BCUT2D eigenvalue weighted by Crippen LogP contribution is 2.30. The van der Waals surface area contributed by atoms with Crippen molar-refractivity contribution in [2.24, 2.45) is 0 Å². The zero-order chi connectivity index (χ0) is 23.4. The fraction of sp³-hybridized carbons (Fsp3) is 0.238. The zero-order valence-electron chi connectivity index (χ0n) is 17.2. The van der Waals surface area contributed by atoms with E-state index in [1.807, 2.05) is 6.07 Å². The van der Waals surface area contributed by atoms with Crippen molar-refractivity contribution < 1.29 is 22.7 Å². The zero-order valence-corrected chi connectivity index (χ0v) is 19.6. The maximum atomic E-state index is 12.4. The van der Waals surface area contributed by atoms with E-state index < -0.39 is 28.5 Å². The Morgan fingerprint density at radius 1 is 1.06 bits per heavy atom. The molecule has 3 aromatic rings. The van der Waals surface area contributed by atoms with Gasteiger partial charge in [0, 0.05) is 10.6 Å². The van der Waals surface area contributed by atoms with Gasteiger partial charge in [-0.15, -0.1) is 21.5 Å². The molecule has 0 unspecified atom stereocenters. The number of amides is 1. The number of carbonyl (C=O) groups is 2. The lowest BCUT2D eigenvalue weighted by atomic mass is 9.99. The van der Waals surface area contributed by atoms with Crippen molar-refractivity contribution in [3.05, 3.63) is 62.9 Å². The van der Waals surface area contributed by atoms with E-state index in [2.05, 4.69) is 20.2 Å². The molecule has 2 aromatic heterocycles. The first-order valence-corrected chi connectivity index (χ1v) is 12.7. The number of ether oxygens (including phenoxy) is 1. The maximum absolute atomic E-state index is 12.4. The first kappa shape index (κ1) is 23.1. The number of carbonyl (C=O) groups excluding carboxylic acids is 2. The fourth-order valence-electron chi connectivity index (χ4n) is 3.27. The van der Waals surface area contributed by atoms with Crippen LogP contribution in [0.4, 0.5) is 11.5 Å². The van der Waals surface area contributed by atoms with E-state index in [9.17, 15) is 18.0 Å². The normalized spacial score (nSPS) is 13.1. The minimum absolute atomic E-state index is 0.0187. The Labute approximate surface area is 199 Å². The van der Waals surface area contributed by atoms with E-state index >= 15 is 0 Å². The Morgan fingerprint density at radius 2 is 1.82 bits per heavy atom. The topological polar surface area (TPSA) is 127 Å². The molecule has 1 amide bonds. The minimum atomic E-state index is -3.90. The van der Waals surface area contributed by atoms with Crippen LogP contribution < -0.4 is 10.0 Å². The average molecular weight is 507 g/mol. The largest absolute Gasteiger partial charge is 0.451 e. The lowest BCUT2D eigenvalue weighted by Crippen LogP contribution is -2.20. The molecule has 1 aliphatic carbocycles. The monoisotopic (exact) mass is 506 g/mol. The molecule has 0 fully saturated rings. The molecule has 0 saturated heterocycles. The van der Waals surface area contributed by atoms with Gasteiger partial charge in [0.15, 0.2) is 17.6 Å². The number of aryl methyl sites for hydroxylation is 2. The molecule has 0 saturated carbocycles. The Kier molecular flexibility index (Phi) is 6.91. The molecule has 0 aliphatic heterocycles. The van der Waals surface area contributed by atoms with E-state index in [-0.39, 0.29) is 15.9 Å². The standard InChI is InChI=1S/C21H19ClN4O5S2/c22-18-9-10-19(25-24-18)26-33(29,30)15-7-5-14(6-8-15)23-20(27)12-31-21(28)17-11-13-3-1-2-4-16(13)32-17/h5-11H,1-4,12H2,(H,23,27)(H,25,26). The number of hydrogen-bond acceptors (Lipinski definition) is 8. The summed E-state index contributed by atoms with van der Waals surface area (Å²) in [4.78, 5) is 26.1. The molecular weight excluding hydrogens is 488 g/mol. The number of nitrogens with zero attached hydrogens (tertiary/aromatic N) is 2. The van der Waals surface area contributed by atoms with Crippen LogP contribution in [0.2, 0.25) is 5.15 Å². The van der Waals surface area contributed by atoms with E-state index in [1.165, 1.54) is 58.2 Å². The Balaban J connectivity index is 1.31. The molecule has 12 heteroatoms. The van der Waals surface area contributed by atoms with Crippen molar-refractivity contribution in [2.45, 2.75) is 30.6 Å². The number of esters is 1. The number of nitrogens with one attached hydrogen (secondary N) is 2. The van der Waals surface area contributed by atoms with Gasteiger partial charge < -0.3 is 10.1 Å². The summed E-state index contributed by atoms with van der Waals surface area (Å²) in [7, 11) is -3.90. The lowest BCUT2D eigenvalue weighted by Gasteiger charge is -2.09. The third-order valence-electron chi connectivity index (χ3n) is 4.85. The van der Waals surface area contributed by atoms with Crippen LogP contribution >= 0.6 is 22.9 Å². The van der Waals surface area contributed by atoms with Crippen LogP contribution in [0.15, 0.2) is 47.4 Å². The van der Waals surface area contributed by atoms with Crippen molar-refractivity contribution >= 4 is 56.3 Å². The minimum Gasteiger partial charge on any atom is -0.451 e. The number of aromatic nitrogens is 2. The predicted octanol–water partition coefficient (Wildman–Crippen LogP) is 3.67. The summed E-state index contributed by atoms with van der Waals surface area (Å²) in [6.45, 7) is -0.446. The van der Waals surface area contributed by atoms with Gasteiger partial charge in [0.05, 0.1) is 4.90 Å². The molecule has 0 atom stereocenters. The van der Waals surface area contributed by atoms with Gasteiger partial charge in [0.1, 0.15) is 4.88 Å². The number of halogens is 1. The number of rotatable bonds is 7. The summed E-state index contributed by atoms with van der Waals surface area (Å²) in [6.07, 6.45) is 4.18. The first-order valence-electron chi connectivity index (χ1n) is 10.0. The molecule has 2 N–H and O–H groups in total. The maximum Gasteiger partial charge on any atom is 0.348 e. The van der Waals surface area contributed by atoms with Crippen LogP contribution in [0.25, 0.3) is 0 Å². The van der Waals surface area contributed by atoms with Crippen LogP contribution in [-0.2, 0) is 32.4 Å². The Bertz CT molecular complexity index is 1250. The summed E-state index contributed by atoms with van der Waals surface area (Å²) < 4.78 is 32.3. The number of benzene rings is 1. The van der Waals surface area contributed by atoms with Crippen molar-refractivity contribution in [2.75, 3.05) is 16.6 Å². The summed E-state index contributed by atoms with van der Waals surface area (Å²) in [5, 5.41) is 9.93. The lowest BCUT2D eigenvalue weighted by molar-refractivity contribution is -0.119. The van der Waals surface area contributed by atoms with Gasteiger partial charge in [-0.3, -0.25) is 9.52 Å². The first-order chi connectivity index (χ1) is 15.8. The van der Waals surface area contributed by atoms with Gasteiger partial charge in [0.2, 0.25) is 0 Å². The van der Waals surface area contributed by atoms with E-state index in [0.717, 1.165) is 25.7 Å². The molecule has 4 rings (SSSR count). The van der Waals surface area contributed by atoms with Gasteiger partial charge in [-0.05, 0) is 73.7 Å². The molecule has 9 nitrogen and oxygen atoms in total. The second-order valence-electron chi connectivity index (χ2n) is 7.26. The Morgan fingerprint density at radius 3 is 2.52 bits per heavy atom. The van der Waals surface area contributed by atoms with Crippen LogP contribution in [0.5, 0.6) is 0 Å². The molecule has 0 radical (unpaired) electrons. The third-order valence-corrected chi connectivity index (χ3v) is 7.64. The van der Waals surface area contributed by atoms with Crippen LogP contribution in [0, 0.1) is 0 Å². The molecule has 1 aliphatic rings. The summed E-state index contributed by atoms with van der Waals surface area (Å²) in [6, 6.07) is 10.1. The molecule has 2 heterocycles. The van der Waals surface area contributed by atoms with Gasteiger partial charge >= 0.3 is 5.97 Å². The second-order valence-corrected chi connectivity index (χ2v) is 10.5. The fourth-order valence-corrected chi connectivity index (χ4v) is 5.52. The SMILES string of the molecule is O=C(COC(=O)c1cc2c(s1)CCCC2)Nc1ccc(S(=O)(=O)Nc2ccc(Cl)nn2)cc1. The molecule has 1 aromatic carbocycles. The molecule has 0 spiro atoms. The highest BCUT2D eigenvalue weighted by atomic mass is 35.5. The number of thiophene rings is 1. The van der Waals surface area contributed by atoms with Crippen molar-refractivity contribution in [3.8, 4) is 0 Å². The average Bonchev–Trinajstić information content (AvgIpc) is 3.24. The van der Waals surface area contributed by atoms with Gasteiger partial charge in [-0.25, -0.2) is 13.2 Å². The molecule has 0 bridgehead atoms. The quantitative estimate of drug-likeness (QED) is 0.468. The van der Waals surface area contributed by atoms with Gasteiger partial charge in [-0.1, -0.05) is 11.6 Å². The van der Waals surface area contributed by atoms with Crippen molar-refractivity contribution in [1.82, 2.24) is 10.2 Å². The van der Waals surface area contributed by atoms with Crippen LogP contribution in [-0.4, -0.2) is 37.1 Å². The number of sulfonamides is 1. The predicted molar refractivity (Wildman–Crippen MR) is 124 cm³/mol.